The van der Waals surface area contributed by atoms with Gasteiger partial charge in [-0.05, 0) is 68.2 Å². The monoisotopic (exact) mass is 500 g/mol. The number of pyridine rings is 1. The number of hydrogen-bond donors (Lipinski definition) is 0. The van der Waals surface area contributed by atoms with Gasteiger partial charge in [-0.1, -0.05) is 24.3 Å². The molecule has 3 aromatic rings. The molecule has 1 saturated heterocycles. The Morgan fingerprint density at radius 2 is 1.81 bits per heavy atom. The van der Waals surface area contributed by atoms with E-state index < -0.39 is 0 Å². The summed E-state index contributed by atoms with van der Waals surface area (Å²) < 4.78 is 7.41. The number of carbonyl (C=O) groups is 1. The van der Waals surface area contributed by atoms with Crippen LogP contribution in [0, 0.1) is 6.92 Å². The van der Waals surface area contributed by atoms with Crippen molar-refractivity contribution in [3.8, 4) is 5.88 Å². The molecular formula is C29H36N6O2. The standard InChI is InChI=1S/C29H36N6O2/c1-19-11-14-30-28(37-4)26(19)33-15-12-23(13-16-33)35-20(2)25-18-32(3)31-27(25)34(29(35)36)17-22-7-5-6-8-24(22)21-9-10-21/h5-8,11,14,18,20-21,23H,9-10,12-13,15-17H2,1-4H3/t20-/m1/s1. The number of nitrogens with zero attached hydrogens (tertiary/aromatic N) is 6. The number of hydrogen-bond acceptors (Lipinski definition) is 5. The van der Waals surface area contributed by atoms with Crippen LogP contribution in [0.4, 0.5) is 16.3 Å². The van der Waals surface area contributed by atoms with Gasteiger partial charge in [-0.2, -0.15) is 5.10 Å². The minimum atomic E-state index is -0.0164. The number of ether oxygens (including phenoxy) is 1. The number of benzene rings is 1. The summed E-state index contributed by atoms with van der Waals surface area (Å²) in [6.45, 7) is 6.52. The van der Waals surface area contributed by atoms with Crippen LogP contribution in [-0.4, -0.2) is 51.9 Å². The molecular weight excluding hydrogens is 464 g/mol. The highest BCUT2D eigenvalue weighted by Crippen LogP contribution is 2.44. The normalized spacial score (nSPS) is 20.4. The quantitative estimate of drug-likeness (QED) is 0.467. The Bertz CT molecular complexity index is 1310. The van der Waals surface area contributed by atoms with Crippen LogP contribution in [0.25, 0.3) is 0 Å². The van der Waals surface area contributed by atoms with Crippen molar-refractivity contribution in [3.05, 3.63) is 65.0 Å². The van der Waals surface area contributed by atoms with E-state index in [1.807, 2.05) is 22.7 Å². The SMILES string of the molecule is COc1nccc(C)c1N1CCC(N2C(=O)N(Cc3ccccc3C3CC3)c3nn(C)cc3[C@H]2C)CC1. The molecule has 37 heavy (non-hydrogen) atoms. The zero-order chi connectivity index (χ0) is 25.7. The lowest BCUT2D eigenvalue weighted by molar-refractivity contribution is 0.136. The number of piperidine rings is 1. The van der Waals surface area contributed by atoms with Crippen LogP contribution in [0.15, 0.2) is 42.7 Å². The highest BCUT2D eigenvalue weighted by Gasteiger charge is 2.42. The summed E-state index contributed by atoms with van der Waals surface area (Å²) in [5.74, 6) is 2.10. The molecule has 6 rings (SSSR count). The summed E-state index contributed by atoms with van der Waals surface area (Å²) in [6, 6.07) is 10.8. The van der Waals surface area contributed by atoms with E-state index >= 15 is 0 Å². The van der Waals surface area contributed by atoms with Crippen molar-refractivity contribution in [3.63, 3.8) is 0 Å². The second kappa shape index (κ2) is 9.39. The van der Waals surface area contributed by atoms with Gasteiger partial charge in [-0.25, -0.2) is 9.78 Å². The third-order valence-electron chi connectivity index (χ3n) is 8.27. The lowest BCUT2D eigenvalue weighted by atomic mass is 9.96. The van der Waals surface area contributed by atoms with E-state index in [1.54, 1.807) is 13.3 Å². The van der Waals surface area contributed by atoms with Crippen molar-refractivity contribution >= 4 is 17.5 Å². The first kappa shape index (κ1) is 23.8. The number of fused-ring (bicyclic) bond motifs is 1. The van der Waals surface area contributed by atoms with Crippen molar-refractivity contribution < 1.29 is 9.53 Å². The molecule has 8 nitrogen and oxygen atoms in total. The van der Waals surface area contributed by atoms with E-state index in [9.17, 15) is 4.79 Å². The maximum Gasteiger partial charge on any atom is 0.326 e. The molecule has 0 radical (unpaired) electrons. The van der Waals surface area contributed by atoms with E-state index in [4.69, 9.17) is 9.84 Å². The second-order valence-corrected chi connectivity index (χ2v) is 10.7. The molecule has 2 fully saturated rings. The number of methoxy groups -OCH3 is 1. The van der Waals surface area contributed by atoms with Crippen LogP contribution in [0.5, 0.6) is 5.88 Å². The second-order valence-electron chi connectivity index (χ2n) is 10.7. The molecule has 194 valence electrons. The first-order chi connectivity index (χ1) is 18.0. The summed E-state index contributed by atoms with van der Waals surface area (Å²) >= 11 is 0. The zero-order valence-corrected chi connectivity index (χ0v) is 22.2. The summed E-state index contributed by atoms with van der Waals surface area (Å²) in [5, 5.41) is 4.75. The first-order valence-electron chi connectivity index (χ1n) is 13.4. The van der Waals surface area contributed by atoms with Gasteiger partial charge in [-0.3, -0.25) is 9.58 Å². The molecule has 8 heteroatoms. The Morgan fingerprint density at radius 1 is 1.05 bits per heavy atom. The van der Waals surface area contributed by atoms with Crippen molar-refractivity contribution in [2.24, 2.45) is 7.05 Å². The van der Waals surface area contributed by atoms with E-state index in [0.717, 1.165) is 48.6 Å². The van der Waals surface area contributed by atoms with E-state index in [0.29, 0.717) is 18.3 Å². The van der Waals surface area contributed by atoms with Gasteiger partial charge < -0.3 is 14.5 Å². The third-order valence-corrected chi connectivity index (χ3v) is 8.27. The average molecular weight is 501 g/mol. The maximum absolute atomic E-state index is 14.2. The number of carbonyl (C=O) groups excluding carboxylic acids is 1. The molecule has 2 amide bonds. The minimum absolute atomic E-state index is 0.0164. The number of aryl methyl sites for hydroxylation is 2. The van der Waals surface area contributed by atoms with Crippen LogP contribution in [-0.2, 0) is 13.6 Å². The topological polar surface area (TPSA) is 66.7 Å². The van der Waals surface area contributed by atoms with Gasteiger partial charge in [0.2, 0.25) is 5.88 Å². The van der Waals surface area contributed by atoms with Gasteiger partial charge >= 0.3 is 6.03 Å². The van der Waals surface area contributed by atoms with Crippen molar-refractivity contribution in [2.75, 3.05) is 30.0 Å². The van der Waals surface area contributed by atoms with E-state index in [1.165, 1.54) is 24.0 Å². The van der Waals surface area contributed by atoms with Gasteiger partial charge in [0.05, 0.1) is 19.7 Å². The summed E-state index contributed by atoms with van der Waals surface area (Å²) in [7, 11) is 3.62. The molecule has 1 saturated carbocycles. The molecule has 4 heterocycles. The van der Waals surface area contributed by atoms with Crippen LogP contribution in [0.2, 0.25) is 0 Å². The van der Waals surface area contributed by atoms with Crippen molar-refractivity contribution in [2.45, 2.75) is 64.1 Å². The summed E-state index contributed by atoms with van der Waals surface area (Å²) in [4.78, 5) is 25.0. The summed E-state index contributed by atoms with van der Waals surface area (Å²) in [5.41, 5.74) is 5.96. The fraction of sp³-hybridized carbons (Fsp3) is 0.483. The molecule has 1 atom stereocenters. The largest absolute Gasteiger partial charge is 0.480 e. The van der Waals surface area contributed by atoms with Crippen LogP contribution in [0.3, 0.4) is 0 Å². The van der Waals surface area contributed by atoms with Gasteiger partial charge in [0, 0.05) is 44.1 Å². The fourth-order valence-electron chi connectivity index (χ4n) is 6.23. The predicted octanol–water partition coefficient (Wildman–Crippen LogP) is 5.18. The molecule has 3 aliphatic rings. The zero-order valence-electron chi connectivity index (χ0n) is 22.2. The highest BCUT2D eigenvalue weighted by atomic mass is 16.5. The number of urea groups is 1. The molecule has 0 unspecified atom stereocenters. The van der Waals surface area contributed by atoms with Crippen LogP contribution in [0.1, 0.15) is 66.8 Å². The van der Waals surface area contributed by atoms with Gasteiger partial charge in [0.1, 0.15) is 5.69 Å². The number of amides is 2. The molecule has 0 bridgehead atoms. The van der Waals surface area contributed by atoms with Gasteiger partial charge in [-0.15, -0.1) is 0 Å². The Hall–Kier alpha value is -3.55. The highest BCUT2D eigenvalue weighted by molar-refractivity contribution is 5.94. The number of anilines is 2. The van der Waals surface area contributed by atoms with Crippen LogP contribution < -0.4 is 14.5 Å². The molecule has 0 N–H and O–H groups in total. The third kappa shape index (κ3) is 4.22. The molecule has 1 aliphatic carbocycles. The molecule has 2 aliphatic heterocycles. The lowest BCUT2D eigenvalue weighted by Crippen LogP contribution is -2.55. The Morgan fingerprint density at radius 3 is 2.54 bits per heavy atom. The Kier molecular flexibility index (Phi) is 6.05. The number of aromatic nitrogens is 3. The van der Waals surface area contributed by atoms with E-state index in [-0.39, 0.29) is 18.1 Å². The minimum Gasteiger partial charge on any atom is -0.480 e. The van der Waals surface area contributed by atoms with Gasteiger partial charge in [0.15, 0.2) is 5.82 Å². The van der Waals surface area contributed by atoms with E-state index in [2.05, 4.69) is 59.1 Å². The van der Waals surface area contributed by atoms with Crippen LogP contribution >= 0.6 is 0 Å². The Labute approximate surface area is 218 Å². The average Bonchev–Trinajstić information content (AvgIpc) is 3.68. The summed E-state index contributed by atoms with van der Waals surface area (Å²) in [6.07, 6.45) is 8.15. The smallest absolute Gasteiger partial charge is 0.326 e. The van der Waals surface area contributed by atoms with Crippen molar-refractivity contribution in [1.82, 2.24) is 19.7 Å². The Balaban J connectivity index is 1.27. The maximum atomic E-state index is 14.2. The first-order valence-corrected chi connectivity index (χ1v) is 13.4. The number of rotatable bonds is 6. The van der Waals surface area contributed by atoms with Crippen molar-refractivity contribution in [1.29, 1.82) is 0 Å². The fourth-order valence-corrected chi connectivity index (χ4v) is 6.23. The molecule has 2 aromatic heterocycles. The molecule has 0 spiro atoms. The van der Waals surface area contributed by atoms with Gasteiger partial charge in [0.25, 0.3) is 0 Å². The lowest BCUT2D eigenvalue weighted by Gasteiger charge is -2.46. The molecule has 1 aromatic carbocycles. The predicted molar refractivity (Wildman–Crippen MR) is 144 cm³/mol.